The first-order chi connectivity index (χ1) is 18.2. The number of ether oxygens (including phenoxy) is 5. The maximum absolute atomic E-state index is 15.0. The highest BCUT2D eigenvalue weighted by molar-refractivity contribution is 7.48. The van der Waals surface area contributed by atoms with Crippen LogP contribution in [0, 0.1) is 0 Å². The van der Waals surface area contributed by atoms with Gasteiger partial charge < -0.3 is 34.5 Å². The molecule has 0 aromatic carbocycles. The third kappa shape index (κ3) is 9.10. The molecule has 19 heteroatoms. The molecule has 2 heterocycles. The molecule has 0 bridgehead atoms. The van der Waals surface area contributed by atoms with E-state index in [1.54, 1.807) is 27.7 Å². The number of rotatable bonds is 13. The number of aliphatic hydroxyl groups is 1. The minimum Gasteiger partial charge on any atom is -0.432 e. The Balaban J connectivity index is 2.17. The van der Waals surface area contributed by atoms with Crippen LogP contribution in [0.25, 0.3) is 0 Å². The summed E-state index contributed by atoms with van der Waals surface area (Å²) in [6.07, 6.45) is -8.57. The quantitative estimate of drug-likeness (QED) is 0.164. The summed E-state index contributed by atoms with van der Waals surface area (Å²) in [5.41, 5.74) is 1.80. The molecule has 222 valence electrons. The molecule has 4 atom stereocenters. The van der Waals surface area contributed by atoms with E-state index in [-0.39, 0.29) is 0 Å². The van der Waals surface area contributed by atoms with Crippen LogP contribution in [0.5, 0.6) is 0 Å². The molecule has 1 saturated heterocycles. The molecule has 17 nitrogen and oxygen atoms in total. The van der Waals surface area contributed by atoms with E-state index >= 15 is 4.39 Å². The van der Waals surface area contributed by atoms with E-state index in [1.165, 1.54) is 0 Å². The molecule has 2 rings (SSSR count). The SMILES string of the molecule is CC(C)OC(=O)OCOP(=O)(OCOC(=O)OC(C)C)OC[C@@]1(CN)O[C@@H](n2ccc(=O)[nH]c2=O)[C@H](F)[C@@H]1O. The summed E-state index contributed by atoms with van der Waals surface area (Å²) < 4.78 is 68.0. The van der Waals surface area contributed by atoms with Gasteiger partial charge in [0.1, 0.15) is 11.7 Å². The highest BCUT2D eigenvalue weighted by Gasteiger charge is 2.56. The summed E-state index contributed by atoms with van der Waals surface area (Å²) in [4.78, 5) is 48.5. The number of aromatic amines is 1. The Bertz CT molecular complexity index is 1110. The van der Waals surface area contributed by atoms with E-state index in [2.05, 4.69) is 9.47 Å². The molecular formula is C20H31FN3O14P. The molecule has 0 saturated carbocycles. The summed E-state index contributed by atoms with van der Waals surface area (Å²) in [6.45, 7) is 2.52. The Morgan fingerprint density at radius 2 is 1.67 bits per heavy atom. The molecule has 39 heavy (non-hydrogen) atoms. The van der Waals surface area contributed by atoms with Gasteiger partial charge in [0.15, 0.2) is 12.4 Å². The summed E-state index contributed by atoms with van der Waals surface area (Å²) >= 11 is 0. The molecule has 1 fully saturated rings. The third-order valence-corrected chi connectivity index (χ3v) is 6.13. The number of carbonyl (C=O) groups excluding carboxylic acids is 2. The van der Waals surface area contributed by atoms with Crippen LogP contribution < -0.4 is 17.0 Å². The minimum atomic E-state index is -4.81. The van der Waals surface area contributed by atoms with Gasteiger partial charge in [-0.25, -0.2) is 32.4 Å². The zero-order valence-corrected chi connectivity index (χ0v) is 22.4. The van der Waals surface area contributed by atoms with E-state index in [4.69, 9.17) is 33.5 Å². The standard InChI is InChI=1S/C20H31FN3O14P/c1-11(2)36-18(28)31-9-34-39(30,35-10-32-19(29)37-12(3)4)33-8-20(7-22)15(26)14(21)16(38-20)24-6-5-13(25)23-17(24)27/h5-6,11-12,14-16,26H,7-10,22H2,1-4H3,(H,23,25,27)/t14-,15+,16-,20-/m1/s1. The van der Waals surface area contributed by atoms with Crippen LogP contribution in [-0.4, -0.2) is 83.8 Å². The fraction of sp³-hybridized carbons (Fsp3) is 0.700. The number of aromatic nitrogens is 2. The predicted octanol–water partition coefficient (Wildman–Crippen LogP) is 0.658. The number of hydrogen-bond donors (Lipinski definition) is 3. The number of phosphoric ester groups is 1. The van der Waals surface area contributed by atoms with Crippen molar-refractivity contribution in [2.45, 2.75) is 64.0 Å². The van der Waals surface area contributed by atoms with Gasteiger partial charge in [-0.15, -0.1) is 0 Å². The van der Waals surface area contributed by atoms with Gasteiger partial charge in [0.05, 0.1) is 18.8 Å². The van der Waals surface area contributed by atoms with Crippen LogP contribution in [0.2, 0.25) is 0 Å². The number of hydrogen-bond acceptors (Lipinski definition) is 15. The molecule has 1 aliphatic heterocycles. The molecule has 0 unspecified atom stereocenters. The lowest BCUT2D eigenvalue weighted by molar-refractivity contribution is -0.126. The second kappa shape index (κ2) is 14.0. The number of phosphoric acid groups is 1. The van der Waals surface area contributed by atoms with Gasteiger partial charge in [0, 0.05) is 18.8 Å². The topological polar surface area (TPSA) is 226 Å². The fourth-order valence-electron chi connectivity index (χ4n) is 3.04. The number of carbonyl (C=O) groups is 2. The van der Waals surface area contributed by atoms with Crippen molar-refractivity contribution < 1.29 is 60.9 Å². The Kier molecular flexibility index (Phi) is 11.6. The molecule has 0 amide bonds. The molecule has 1 aromatic rings. The van der Waals surface area contributed by atoms with E-state index in [1.807, 2.05) is 4.98 Å². The van der Waals surface area contributed by atoms with E-state index in [9.17, 15) is 28.8 Å². The molecule has 1 aromatic heterocycles. The maximum Gasteiger partial charge on any atom is 0.510 e. The van der Waals surface area contributed by atoms with Crippen LogP contribution in [0.15, 0.2) is 21.9 Å². The molecule has 4 N–H and O–H groups in total. The lowest BCUT2D eigenvalue weighted by Gasteiger charge is -2.31. The number of nitrogens with one attached hydrogen (secondary N) is 1. The Hall–Kier alpha value is -2.86. The Morgan fingerprint density at radius 1 is 1.13 bits per heavy atom. The molecular weight excluding hydrogens is 556 g/mol. The van der Waals surface area contributed by atoms with Crippen molar-refractivity contribution in [2.24, 2.45) is 5.73 Å². The smallest absolute Gasteiger partial charge is 0.432 e. The second-order valence-corrected chi connectivity index (χ2v) is 10.2. The Labute approximate surface area is 220 Å². The van der Waals surface area contributed by atoms with E-state index in [0.717, 1.165) is 12.3 Å². The number of nitrogens with two attached hydrogens (primary N) is 1. The second-order valence-electron chi connectivity index (χ2n) is 8.52. The van der Waals surface area contributed by atoms with Crippen LogP contribution in [0.1, 0.15) is 33.9 Å². The number of H-pyrrole nitrogens is 1. The van der Waals surface area contributed by atoms with E-state index in [0.29, 0.717) is 4.57 Å². The largest absolute Gasteiger partial charge is 0.510 e. The Morgan fingerprint density at radius 3 is 2.13 bits per heavy atom. The van der Waals surface area contributed by atoms with Gasteiger partial charge in [-0.1, -0.05) is 0 Å². The fourth-order valence-corrected chi connectivity index (χ4v) is 4.00. The lowest BCUT2D eigenvalue weighted by atomic mass is 9.97. The van der Waals surface area contributed by atoms with Crippen molar-refractivity contribution in [2.75, 3.05) is 26.7 Å². The third-order valence-electron chi connectivity index (χ3n) is 4.85. The maximum atomic E-state index is 15.0. The zero-order valence-electron chi connectivity index (χ0n) is 21.5. The average Bonchev–Trinajstić information content (AvgIpc) is 3.07. The minimum absolute atomic E-state index is 0.542. The van der Waals surface area contributed by atoms with Gasteiger partial charge in [0.25, 0.3) is 5.56 Å². The molecule has 1 aliphatic rings. The van der Waals surface area contributed by atoms with Crippen molar-refractivity contribution in [1.29, 1.82) is 0 Å². The van der Waals surface area contributed by atoms with Crippen LogP contribution in [0.3, 0.4) is 0 Å². The summed E-state index contributed by atoms with van der Waals surface area (Å²) in [5, 5.41) is 10.6. The van der Waals surface area contributed by atoms with Gasteiger partial charge in [0.2, 0.25) is 13.6 Å². The van der Waals surface area contributed by atoms with Crippen molar-refractivity contribution in [3.63, 3.8) is 0 Å². The van der Waals surface area contributed by atoms with Crippen molar-refractivity contribution in [3.8, 4) is 0 Å². The van der Waals surface area contributed by atoms with Crippen molar-refractivity contribution in [3.05, 3.63) is 33.1 Å². The molecule has 0 radical (unpaired) electrons. The predicted molar refractivity (Wildman–Crippen MR) is 125 cm³/mol. The monoisotopic (exact) mass is 587 g/mol. The highest BCUT2D eigenvalue weighted by atomic mass is 31.2. The number of halogens is 1. The van der Waals surface area contributed by atoms with Crippen LogP contribution in [-0.2, 0) is 41.8 Å². The van der Waals surface area contributed by atoms with Crippen molar-refractivity contribution in [1.82, 2.24) is 9.55 Å². The van der Waals surface area contributed by atoms with E-state index < -0.39 is 94.4 Å². The van der Waals surface area contributed by atoms with Gasteiger partial charge in [-0.05, 0) is 27.7 Å². The number of alkyl halides is 1. The van der Waals surface area contributed by atoms with Crippen LogP contribution >= 0.6 is 7.82 Å². The summed E-state index contributed by atoms with van der Waals surface area (Å²) in [6, 6.07) is 0.924. The number of aliphatic hydroxyl groups excluding tert-OH is 1. The first-order valence-corrected chi connectivity index (χ1v) is 12.9. The molecule has 0 aliphatic carbocycles. The molecule has 0 spiro atoms. The van der Waals surface area contributed by atoms with Gasteiger partial charge >= 0.3 is 25.8 Å². The van der Waals surface area contributed by atoms with Crippen molar-refractivity contribution >= 4 is 20.1 Å². The first-order valence-electron chi connectivity index (χ1n) is 11.4. The normalized spacial score (nSPS) is 23.2. The van der Waals surface area contributed by atoms with Gasteiger partial charge in [-0.3, -0.25) is 18.9 Å². The first kappa shape index (κ1) is 32.4. The zero-order chi connectivity index (χ0) is 29.4. The van der Waals surface area contributed by atoms with Crippen LogP contribution in [0.4, 0.5) is 14.0 Å². The summed E-state index contributed by atoms with van der Waals surface area (Å²) in [7, 11) is -4.81. The highest BCUT2D eigenvalue weighted by Crippen LogP contribution is 2.51. The summed E-state index contributed by atoms with van der Waals surface area (Å²) in [5.74, 6) is 0. The number of nitrogens with zero attached hydrogens (tertiary/aromatic N) is 1. The average molecular weight is 587 g/mol. The van der Waals surface area contributed by atoms with Gasteiger partial charge in [-0.2, -0.15) is 0 Å². The lowest BCUT2D eigenvalue weighted by Crippen LogP contribution is -2.51.